The zero-order chi connectivity index (χ0) is 9.94. The monoisotopic (exact) mass is 213 g/mol. The topological polar surface area (TPSA) is 51.2 Å². The van der Waals surface area contributed by atoms with E-state index in [4.69, 9.17) is 0 Å². The fraction of sp³-hybridized carbons (Fsp3) is 0. The van der Waals surface area contributed by atoms with Gasteiger partial charge in [-0.15, -0.1) is 0 Å². The predicted molar refractivity (Wildman–Crippen MR) is 42.4 cm³/mol. The zero-order valence-electron chi connectivity index (χ0n) is 6.52. The molecule has 0 aliphatic rings. The molecule has 1 rings (SSSR count). The summed E-state index contributed by atoms with van der Waals surface area (Å²) in [6.07, 6.45) is 0. The Balaban J connectivity index is 0.000000223. The summed E-state index contributed by atoms with van der Waals surface area (Å²) in [5, 5.41) is 0. The van der Waals surface area contributed by atoms with Gasteiger partial charge in [0.05, 0.1) is 0 Å². The van der Waals surface area contributed by atoms with Gasteiger partial charge in [0.25, 0.3) is 0 Å². The van der Waals surface area contributed by atoms with Crippen LogP contribution in [0.2, 0.25) is 0 Å². The van der Waals surface area contributed by atoms with E-state index in [0.29, 0.717) is 0 Å². The van der Waals surface area contributed by atoms with Crippen LogP contribution in [-0.4, -0.2) is 14.2 Å². The summed E-state index contributed by atoms with van der Waals surface area (Å²) in [7, 11) is 0. The van der Waals surface area contributed by atoms with Gasteiger partial charge in [-0.05, 0) is 0 Å². The molecule has 0 saturated carbocycles. The van der Waals surface area contributed by atoms with E-state index in [1.54, 1.807) is 0 Å². The largest absolute Gasteiger partial charge is 0.184 e. The molecule has 0 radical (unpaired) electrons. The van der Waals surface area contributed by atoms with Crippen LogP contribution in [0.1, 0.15) is 0 Å². The molecule has 13 heavy (non-hydrogen) atoms. The molecule has 0 fully saturated rings. The number of carbonyl (C=O) groups excluding carboxylic acids is 3. The fourth-order valence-electron chi connectivity index (χ4n) is 0.393. The molecular weight excluding hydrogens is 208 g/mol. The quantitative estimate of drug-likeness (QED) is 0.582. The van der Waals surface area contributed by atoms with Gasteiger partial charge in [-0.3, -0.25) is 0 Å². The molecule has 0 aliphatic carbocycles. The van der Waals surface area contributed by atoms with Gasteiger partial charge in [0.15, 0.2) is 0 Å². The average Bonchev–Trinajstić information content (AvgIpc) is 2.24. The van der Waals surface area contributed by atoms with Crippen molar-refractivity contribution in [3.05, 3.63) is 36.4 Å². The molecule has 0 aromatic heterocycles. The van der Waals surface area contributed by atoms with Crippen molar-refractivity contribution in [2.24, 2.45) is 0 Å². The second-order valence-corrected chi connectivity index (χ2v) is 3.37. The Morgan fingerprint density at radius 1 is 0.846 bits per heavy atom. The van der Waals surface area contributed by atoms with Crippen molar-refractivity contribution in [3.8, 4) is 0 Å². The van der Waals surface area contributed by atoms with E-state index in [1.165, 1.54) is 14.2 Å². The van der Waals surface area contributed by atoms with Crippen LogP contribution in [0, 0.1) is 6.07 Å². The Labute approximate surface area is 78.3 Å². The average molecular weight is 213 g/mol. The molecule has 0 amide bonds. The molecule has 4 heteroatoms. The van der Waals surface area contributed by atoms with Gasteiger partial charge in [0, 0.05) is 0 Å². The smallest absolute Gasteiger partial charge is 0.171 e. The standard InChI is InChI=1S/C6H5.3CO.Cr/c1-2-4-6-5-3-1;3*1-2;/h1-5H;;;;/q-1;;;;. The molecule has 0 heterocycles. The molecule has 0 spiro atoms. The molecule has 0 atom stereocenters. The second-order valence-electron chi connectivity index (χ2n) is 1.63. The van der Waals surface area contributed by atoms with Crippen molar-refractivity contribution in [1.29, 1.82) is 0 Å². The summed E-state index contributed by atoms with van der Waals surface area (Å²) in [5.41, 5.74) is 0. The van der Waals surface area contributed by atoms with Crippen molar-refractivity contribution >= 4 is 14.2 Å². The molecule has 3 nitrogen and oxygen atoms in total. The number of benzene rings is 1. The molecule has 0 saturated heterocycles. The van der Waals surface area contributed by atoms with Crippen LogP contribution in [0.25, 0.3) is 0 Å². The summed E-state index contributed by atoms with van der Waals surface area (Å²) in [4.78, 5) is 28.1. The minimum absolute atomic E-state index is 1.23. The van der Waals surface area contributed by atoms with Crippen LogP contribution < -0.4 is 0 Å². The van der Waals surface area contributed by atoms with Gasteiger partial charge in [0.1, 0.15) is 0 Å². The van der Waals surface area contributed by atoms with Crippen molar-refractivity contribution in [2.45, 2.75) is 0 Å². The minimum atomic E-state index is -2.47. The first kappa shape index (κ1) is 11.5. The SMILES string of the molecule is O=[C]=[Cr](=[C]=O)=[C]=O.[c-]1ccccc1. The molecule has 0 unspecified atom stereocenters. The summed E-state index contributed by atoms with van der Waals surface area (Å²) < 4.78 is 3.69. The maximum atomic E-state index is 9.37. The molecule has 0 N–H and O–H groups in total. The fourth-order valence-corrected chi connectivity index (χ4v) is 0.552. The molecular formula is C9H5CrO3-. The molecule has 1 aromatic rings. The molecule has 1 aromatic carbocycles. The first-order chi connectivity index (χ1) is 6.35. The van der Waals surface area contributed by atoms with Gasteiger partial charge in [-0.2, -0.15) is 36.4 Å². The van der Waals surface area contributed by atoms with E-state index in [1.807, 2.05) is 30.3 Å². The van der Waals surface area contributed by atoms with Crippen LogP contribution in [0.15, 0.2) is 30.3 Å². The van der Waals surface area contributed by atoms with Gasteiger partial charge >= 0.3 is 41.5 Å². The second kappa shape index (κ2) is 8.59. The van der Waals surface area contributed by atoms with Gasteiger partial charge < -0.3 is 0 Å². The van der Waals surface area contributed by atoms with Crippen molar-refractivity contribution in [1.82, 2.24) is 0 Å². The third-order valence-electron chi connectivity index (χ3n) is 0.857. The normalized spacial score (nSPS) is 6.46. The molecule has 0 bridgehead atoms. The molecule has 0 aliphatic heterocycles. The van der Waals surface area contributed by atoms with Crippen molar-refractivity contribution in [2.75, 3.05) is 0 Å². The zero-order valence-corrected chi connectivity index (χ0v) is 7.79. The number of hydrogen-bond donors (Lipinski definition) is 0. The minimum Gasteiger partial charge on any atom is -0.184 e. The van der Waals surface area contributed by atoms with E-state index in [9.17, 15) is 14.4 Å². The van der Waals surface area contributed by atoms with Crippen LogP contribution in [0.3, 0.4) is 0 Å². The van der Waals surface area contributed by atoms with Crippen molar-refractivity contribution in [3.63, 3.8) is 0 Å². The Morgan fingerprint density at radius 3 is 1.38 bits per heavy atom. The van der Waals surface area contributed by atoms with E-state index >= 15 is 0 Å². The third-order valence-corrected chi connectivity index (χ3v) is 1.64. The number of hydrogen-bond acceptors (Lipinski definition) is 3. The Kier molecular flexibility index (Phi) is 7.59. The third kappa shape index (κ3) is 6.87. The van der Waals surface area contributed by atoms with E-state index in [2.05, 4.69) is 6.07 Å². The van der Waals surface area contributed by atoms with Crippen molar-refractivity contribution < 1.29 is 27.2 Å². The van der Waals surface area contributed by atoms with Gasteiger partial charge in [-0.1, -0.05) is 0 Å². The summed E-state index contributed by atoms with van der Waals surface area (Å²) in [6, 6.07) is 12.5. The van der Waals surface area contributed by atoms with Crippen LogP contribution in [0.4, 0.5) is 0 Å². The van der Waals surface area contributed by atoms with E-state index < -0.39 is 12.8 Å². The maximum absolute atomic E-state index is 9.37. The van der Waals surface area contributed by atoms with Crippen LogP contribution in [0.5, 0.6) is 0 Å². The number of rotatable bonds is 0. The summed E-state index contributed by atoms with van der Waals surface area (Å²) in [6.45, 7) is 0. The summed E-state index contributed by atoms with van der Waals surface area (Å²) in [5.74, 6) is 0. The van der Waals surface area contributed by atoms with E-state index in [0.717, 1.165) is 0 Å². The van der Waals surface area contributed by atoms with Crippen LogP contribution in [-0.2, 0) is 27.2 Å². The maximum Gasteiger partial charge on any atom is -0.171 e. The first-order valence-corrected chi connectivity index (χ1v) is 5.05. The summed E-state index contributed by atoms with van der Waals surface area (Å²) >= 11 is -2.47. The van der Waals surface area contributed by atoms with Crippen LogP contribution >= 0.6 is 0 Å². The Hall–Kier alpha value is -1.51. The Morgan fingerprint density at radius 2 is 1.31 bits per heavy atom. The predicted octanol–water partition coefficient (Wildman–Crippen LogP) is 0.293. The van der Waals surface area contributed by atoms with E-state index in [-0.39, 0.29) is 0 Å². The van der Waals surface area contributed by atoms with Gasteiger partial charge in [0.2, 0.25) is 0 Å². The Bertz CT molecular complexity index is 371. The first-order valence-electron chi connectivity index (χ1n) is 3.14. The molecule has 66 valence electrons. The van der Waals surface area contributed by atoms with Gasteiger partial charge in [-0.25, -0.2) is 0 Å².